The molecule has 1 amide bonds. The van der Waals surface area contributed by atoms with Gasteiger partial charge in [-0.3, -0.25) is 9.59 Å². The van der Waals surface area contributed by atoms with Crippen LogP contribution in [0.3, 0.4) is 0 Å². The molecule has 0 fully saturated rings. The molecule has 138 valence electrons. The lowest BCUT2D eigenvalue weighted by Crippen LogP contribution is -2.11. The fraction of sp³-hybridized carbons (Fsp3) is 0.0476. The van der Waals surface area contributed by atoms with Gasteiger partial charge in [-0.2, -0.15) is 0 Å². The Morgan fingerprint density at radius 1 is 1.00 bits per heavy atom. The molecule has 0 saturated heterocycles. The van der Waals surface area contributed by atoms with Gasteiger partial charge in [0.2, 0.25) is 0 Å². The minimum atomic E-state index is -0.234. The first kappa shape index (κ1) is 17.4. The van der Waals surface area contributed by atoms with Gasteiger partial charge in [-0.15, -0.1) is 0 Å². The number of nitrogens with zero attached hydrogens (tertiary/aromatic N) is 3. The molecule has 7 heteroatoms. The van der Waals surface area contributed by atoms with E-state index >= 15 is 0 Å². The lowest BCUT2D eigenvalue weighted by molar-refractivity contribution is 0.102. The van der Waals surface area contributed by atoms with Crippen LogP contribution in [-0.4, -0.2) is 27.1 Å². The van der Waals surface area contributed by atoms with E-state index in [0.717, 1.165) is 17.4 Å². The van der Waals surface area contributed by atoms with Crippen LogP contribution in [0.4, 0.5) is 5.69 Å². The molecule has 0 atom stereocenters. The van der Waals surface area contributed by atoms with Crippen molar-refractivity contribution >= 4 is 41.1 Å². The number of anilines is 1. The molecule has 0 spiro atoms. The lowest BCUT2D eigenvalue weighted by Gasteiger charge is -2.03. The second-order valence-electron chi connectivity index (χ2n) is 6.30. The van der Waals surface area contributed by atoms with Gasteiger partial charge < -0.3 is 9.88 Å². The quantitative estimate of drug-likeness (QED) is 0.425. The van der Waals surface area contributed by atoms with Crippen molar-refractivity contribution < 1.29 is 14.2 Å². The summed E-state index contributed by atoms with van der Waals surface area (Å²) in [5, 5.41) is 10.4. The largest absolute Gasteiger partial charge is 0.346 e. The molecule has 0 aliphatic rings. The second-order valence-corrected chi connectivity index (χ2v) is 6.30. The van der Waals surface area contributed by atoms with E-state index in [0.29, 0.717) is 28.0 Å². The van der Waals surface area contributed by atoms with Crippen LogP contribution < -0.4 is 5.32 Å². The highest BCUT2D eigenvalue weighted by Crippen LogP contribution is 2.16. The number of aldehydes is 1. The normalized spacial score (nSPS) is 11.2. The number of rotatable bonds is 5. The van der Waals surface area contributed by atoms with Gasteiger partial charge in [-0.05, 0) is 51.8 Å². The fourth-order valence-electron chi connectivity index (χ4n) is 2.81. The van der Waals surface area contributed by atoms with E-state index in [1.165, 1.54) is 0 Å². The van der Waals surface area contributed by atoms with Crippen molar-refractivity contribution in [2.45, 2.75) is 0 Å². The summed E-state index contributed by atoms with van der Waals surface area (Å²) in [6.45, 7) is 0. The van der Waals surface area contributed by atoms with E-state index in [4.69, 9.17) is 4.63 Å². The first-order valence-electron chi connectivity index (χ1n) is 8.56. The number of benzene rings is 2. The van der Waals surface area contributed by atoms with E-state index < -0.39 is 0 Å². The highest BCUT2D eigenvalue weighted by Gasteiger charge is 2.08. The zero-order valence-corrected chi connectivity index (χ0v) is 15.0. The molecule has 0 bridgehead atoms. The first-order chi connectivity index (χ1) is 13.6. The Morgan fingerprint density at radius 2 is 1.71 bits per heavy atom. The van der Waals surface area contributed by atoms with Crippen molar-refractivity contribution in [3.05, 3.63) is 77.1 Å². The zero-order chi connectivity index (χ0) is 19.5. The van der Waals surface area contributed by atoms with Crippen LogP contribution >= 0.6 is 0 Å². The highest BCUT2D eigenvalue weighted by atomic mass is 16.6. The summed E-state index contributed by atoms with van der Waals surface area (Å²) in [4.78, 5) is 23.3. The standard InChI is InChI=1S/C21H16N4O3/c1-25-12-17(11-18(25)13-26)22-21(27)16-7-4-14(5-8-16)2-3-15-6-9-19-20(10-15)24-28-23-19/h2-13H,1H3,(H,22,27)/b3-2+. The third-order valence-corrected chi connectivity index (χ3v) is 4.34. The molecule has 4 rings (SSSR count). The SMILES string of the molecule is Cn1cc(NC(=O)c2ccc(/C=C/c3ccc4nonc4c3)cc2)cc1C=O. The van der Waals surface area contributed by atoms with Crippen molar-refractivity contribution in [2.75, 3.05) is 5.32 Å². The van der Waals surface area contributed by atoms with Gasteiger partial charge in [-0.1, -0.05) is 30.4 Å². The Hall–Kier alpha value is -4.00. The Balaban J connectivity index is 1.45. The number of hydrogen-bond donors (Lipinski definition) is 1. The van der Waals surface area contributed by atoms with Crippen molar-refractivity contribution in [1.29, 1.82) is 0 Å². The van der Waals surface area contributed by atoms with E-state index in [-0.39, 0.29) is 5.91 Å². The van der Waals surface area contributed by atoms with Crippen molar-refractivity contribution in [3.8, 4) is 0 Å². The molecule has 2 heterocycles. The maximum Gasteiger partial charge on any atom is 0.255 e. The van der Waals surface area contributed by atoms with Crippen LogP contribution in [-0.2, 0) is 7.05 Å². The summed E-state index contributed by atoms with van der Waals surface area (Å²) in [7, 11) is 1.75. The van der Waals surface area contributed by atoms with E-state index in [2.05, 4.69) is 15.6 Å². The smallest absolute Gasteiger partial charge is 0.255 e. The monoisotopic (exact) mass is 372 g/mol. The molecular formula is C21H16N4O3. The molecule has 0 unspecified atom stereocenters. The summed E-state index contributed by atoms with van der Waals surface area (Å²) < 4.78 is 6.35. The summed E-state index contributed by atoms with van der Waals surface area (Å²) in [6, 6.07) is 14.5. The summed E-state index contributed by atoms with van der Waals surface area (Å²) in [5.41, 5.74) is 4.95. The van der Waals surface area contributed by atoms with Gasteiger partial charge in [-0.25, -0.2) is 4.63 Å². The van der Waals surface area contributed by atoms with Gasteiger partial charge in [0.1, 0.15) is 11.0 Å². The number of nitrogens with one attached hydrogen (secondary N) is 1. The van der Waals surface area contributed by atoms with Gasteiger partial charge in [0.15, 0.2) is 6.29 Å². The number of carbonyl (C=O) groups excluding carboxylic acids is 2. The third kappa shape index (κ3) is 3.59. The second kappa shape index (κ2) is 7.32. The van der Waals surface area contributed by atoms with Crippen LogP contribution in [0.15, 0.2) is 59.4 Å². The Morgan fingerprint density at radius 3 is 2.46 bits per heavy atom. The van der Waals surface area contributed by atoms with Crippen LogP contribution in [0.5, 0.6) is 0 Å². The van der Waals surface area contributed by atoms with Crippen LogP contribution in [0.25, 0.3) is 23.2 Å². The lowest BCUT2D eigenvalue weighted by atomic mass is 10.1. The van der Waals surface area contributed by atoms with Gasteiger partial charge in [0, 0.05) is 18.8 Å². The molecule has 2 aromatic carbocycles. The predicted molar refractivity (Wildman–Crippen MR) is 106 cm³/mol. The van der Waals surface area contributed by atoms with E-state index in [1.807, 2.05) is 42.5 Å². The first-order valence-corrected chi connectivity index (χ1v) is 8.56. The van der Waals surface area contributed by atoms with Crippen LogP contribution in [0.2, 0.25) is 0 Å². The summed E-state index contributed by atoms with van der Waals surface area (Å²) >= 11 is 0. The fourth-order valence-corrected chi connectivity index (χ4v) is 2.81. The van der Waals surface area contributed by atoms with Crippen LogP contribution in [0, 0.1) is 0 Å². The molecule has 28 heavy (non-hydrogen) atoms. The highest BCUT2D eigenvalue weighted by molar-refractivity contribution is 6.04. The molecule has 0 saturated carbocycles. The minimum absolute atomic E-state index is 0.234. The predicted octanol–water partition coefficient (Wildman–Crippen LogP) is 3.80. The molecule has 2 aromatic heterocycles. The zero-order valence-electron chi connectivity index (χ0n) is 15.0. The minimum Gasteiger partial charge on any atom is -0.346 e. The van der Waals surface area contributed by atoms with Gasteiger partial charge in [0.25, 0.3) is 5.91 Å². The Bertz CT molecular complexity index is 1190. The molecule has 0 aliphatic heterocycles. The summed E-state index contributed by atoms with van der Waals surface area (Å²) in [5.74, 6) is -0.234. The molecule has 0 radical (unpaired) electrons. The number of amides is 1. The Labute approximate surface area is 160 Å². The topological polar surface area (TPSA) is 90.0 Å². The van der Waals surface area contributed by atoms with E-state index in [9.17, 15) is 9.59 Å². The van der Waals surface area contributed by atoms with E-state index in [1.54, 1.807) is 36.0 Å². The maximum atomic E-state index is 12.4. The molecule has 1 N–H and O–H groups in total. The third-order valence-electron chi connectivity index (χ3n) is 4.34. The van der Waals surface area contributed by atoms with Crippen molar-refractivity contribution in [1.82, 2.24) is 14.9 Å². The molecule has 0 aliphatic carbocycles. The number of aromatic nitrogens is 3. The van der Waals surface area contributed by atoms with Crippen molar-refractivity contribution in [2.24, 2.45) is 7.05 Å². The number of aryl methyl sites for hydroxylation is 1. The Kier molecular flexibility index (Phi) is 4.55. The summed E-state index contributed by atoms with van der Waals surface area (Å²) in [6.07, 6.45) is 6.34. The van der Waals surface area contributed by atoms with Crippen molar-refractivity contribution in [3.63, 3.8) is 0 Å². The molecule has 7 nitrogen and oxygen atoms in total. The van der Waals surface area contributed by atoms with Gasteiger partial charge >= 0.3 is 0 Å². The number of fused-ring (bicyclic) bond motifs is 1. The number of carbonyl (C=O) groups is 2. The van der Waals surface area contributed by atoms with Gasteiger partial charge in [0.05, 0.1) is 11.4 Å². The average molecular weight is 372 g/mol. The van der Waals surface area contributed by atoms with Crippen LogP contribution in [0.1, 0.15) is 32.0 Å². The molecular weight excluding hydrogens is 356 g/mol. The average Bonchev–Trinajstić information content (AvgIpc) is 3.32. The maximum absolute atomic E-state index is 12.4. The number of hydrogen-bond acceptors (Lipinski definition) is 5. The molecule has 4 aromatic rings.